The third kappa shape index (κ3) is 8.25. The van der Waals surface area contributed by atoms with Crippen LogP contribution in [0.4, 0.5) is 0 Å². The summed E-state index contributed by atoms with van der Waals surface area (Å²) in [6.07, 6.45) is 0.595. The van der Waals surface area contributed by atoms with E-state index in [2.05, 4.69) is 5.32 Å². The largest absolute Gasteiger partial charge is 0.494 e. The lowest BCUT2D eigenvalue weighted by Gasteiger charge is -2.31. The lowest BCUT2D eigenvalue weighted by atomic mass is 9.91. The number of benzene rings is 3. The number of hydrogen-bond donors (Lipinski definition) is 3. The number of nitrogens with zero attached hydrogens (tertiary/aromatic N) is 1. The number of ether oxygens (including phenoxy) is 1. The second-order valence-electron chi connectivity index (χ2n) is 10.4. The molecule has 2 atom stereocenters. The predicted octanol–water partition coefficient (Wildman–Crippen LogP) is 5.07. The zero-order chi connectivity index (χ0) is 31.6. The molecule has 8 nitrogen and oxygen atoms in total. The van der Waals surface area contributed by atoms with Crippen molar-refractivity contribution < 1.29 is 19.1 Å². The minimum absolute atomic E-state index is 0.158. The van der Waals surface area contributed by atoms with E-state index in [9.17, 15) is 14.4 Å². The molecule has 10 heteroatoms. The first-order chi connectivity index (χ1) is 21.2. The second-order valence-corrected chi connectivity index (χ2v) is 11.7. The van der Waals surface area contributed by atoms with Gasteiger partial charge in [0.15, 0.2) is 0 Å². The first kappa shape index (κ1) is 32.7. The Morgan fingerprint density at radius 3 is 2.11 bits per heavy atom. The number of hydrogen-bond acceptors (Lipinski definition) is 6. The molecule has 44 heavy (non-hydrogen) atoms. The van der Waals surface area contributed by atoms with Crippen molar-refractivity contribution in [3.05, 3.63) is 122 Å². The minimum atomic E-state index is -0.816. The number of rotatable bonds is 14. The highest BCUT2D eigenvalue weighted by molar-refractivity contribution is 7.13. The van der Waals surface area contributed by atoms with Crippen LogP contribution in [-0.2, 0) is 35.5 Å². The summed E-state index contributed by atoms with van der Waals surface area (Å²) in [6, 6.07) is 23.9. The average molecular weight is 633 g/mol. The van der Waals surface area contributed by atoms with Crippen LogP contribution >= 0.6 is 22.9 Å². The summed E-state index contributed by atoms with van der Waals surface area (Å²) in [5, 5.41) is 4.86. The Balaban J connectivity index is 1.64. The van der Waals surface area contributed by atoms with Gasteiger partial charge < -0.3 is 26.4 Å². The van der Waals surface area contributed by atoms with Gasteiger partial charge in [0.1, 0.15) is 16.7 Å². The smallest absolute Gasteiger partial charge is 0.260 e. The zero-order valence-electron chi connectivity index (χ0n) is 24.8. The monoisotopic (exact) mass is 632 g/mol. The topological polar surface area (TPSA) is 128 Å². The number of primary amides is 1. The highest BCUT2D eigenvalue weighted by atomic mass is 35.5. The standard InChI is InChI=1S/C34H37ClN4O4S/c1-3-43-26-15-13-23(14-16-26)17-27(28-21-44-31(30(28)35)32(37)40)34(42)39(2)29(18-22-7-5-4-6-8-22)33(41)38-20-25-11-9-24(19-36)10-12-25/h4-16,21,27,29H,3,17-20,36H2,1-2H3,(H2,37,40)(H,38,41)/t27-,29+/m1/s1. The average Bonchev–Trinajstić information content (AvgIpc) is 3.43. The summed E-state index contributed by atoms with van der Waals surface area (Å²) in [5.74, 6) is -1.31. The van der Waals surface area contributed by atoms with Gasteiger partial charge in [-0.25, -0.2) is 0 Å². The van der Waals surface area contributed by atoms with Crippen LogP contribution in [0.2, 0.25) is 5.02 Å². The first-order valence-electron chi connectivity index (χ1n) is 14.4. The van der Waals surface area contributed by atoms with Crippen molar-refractivity contribution in [1.29, 1.82) is 0 Å². The van der Waals surface area contributed by atoms with Gasteiger partial charge in [-0.15, -0.1) is 11.3 Å². The number of carbonyl (C=O) groups excluding carboxylic acids is 3. The molecule has 4 rings (SSSR count). The van der Waals surface area contributed by atoms with E-state index in [-0.39, 0.29) is 28.1 Å². The van der Waals surface area contributed by atoms with Crippen molar-refractivity contribution in [1.82, 2.24) is 10.2 Å². The van der Waals surface area contributed by atoms with E-state index in [4.69, 9.17) is 27.8 Å². The number of likely N-dealkylation sites (N-methyl/N-ethyl adjacent to an activating group) is 1. The number of nitrogens with two attached hydrogens (primary N) is 2. The Morgan fingerprint density at radius 2 is 1.52 bits per heavy atom. The van der Waals surface area contributed by atoms with Crippen molar-refractivity contribution >= 4 is 40.7 Å². The summed E-state index contributed by atoms with van der Waals surface area (Å²) in [4.78, 5) is 41.8. The number of amides is 3. The van der Waals surface area contributed by atoms with Crippen molar-refractivity contribution in [3.63, 3.8) is 0 Å². The molecule has 3 amide bonds. The molecule has 4 aromatic rings. The highest BCUT2D eigenvalue weighted by Crippen LogP contribution is 2.36. The normalized spacial score (nSPS) is 12.3. The Labute approximate surface area is 267 Å². The minimum Gasteiger partial charge on any atom is -0.494 e. The van der Waals surface area contributed by atoms with E-state index in [0.29, 0.717) is 31.7 Å². The quantitative estimate of drug-likeness (QED) is 0.179. The van der Waals surface area contributed by atoms with E-state index in [1.165, 1.54) is 4.90 Å². The van der Waals surface area contributed by atoms with E-state index < -0.39 is 17.9 Å². The predicted molar refractivity (Wildman–Crippen MR) is 175 cm³/mol. The van der Waals surface area contributed by atoms with E-state index in [1.807, 2.05) is 85.8 Å². The van der Waals surface area contributed by atoms with Crippen LogP contribution in [0.3, 0.4) is 0 Å². The fourth-order valence-electron chi connectivity index (χ4n) is 4.96. The third-order valence-electron chi connectivity index (χ3n) is 7.44. The summed E-state index contributed by atoms with van der Waals surface area (Å²) in [6.45, 7) is 3.18. The zero-order valence-corrected chi connectivity index (χ0v) is 26.4. The molecule has 0 aliphatic carbocycles. The van der Waals surface area contributed by atoms with Gasteiger partial charge in [0.2, 0.25) is 11.8 Å². The number of halogens is 1. The van der Waals surface area contributed by atoms with Gasteiger partial charge in [-0.3, -0.25) is 14.4 Å². The van der Waals surface area contributed by atoms with Crippen LogP contribution < -0.4 is 21.5 Å². The Bertz CT molecular complexity index is 1560. The summed E-state index contributed by atoms with van der Waals surface area (Å²) in [5.41, 5.74) is 15.5. The molecule has 0 bridgehead atoms. The van der Waals surface area contributed by atoms with Crippen molar-refractivity contribution in [2.75, 3.05) is 13.7 Å². The summed E-state index contributed by atoms with van der Waals surface area (Å²) in [7, 11) is 1.63. The Kier molecular flexibility index (Phi) is 11.5. The van der Waals surface area contributed by atoms with Gasteiger partial charge >= 0.3 is 0 Å². The molecule has 0 fully saturated rings. The van der Waals surface area contributed by atoms with Crippen LogP contribution in [0, 0.1) is 0 Å². The lowest BCUT2D eigenvalue weighted by molar-refractivity contribution is -0.140. The molecular weight excluding hydrogens is 596 g/mol. The van der Waals surface area contributed by atoms with Crippen LogP contribution in [0.5, 0.6) is 5.75 Å². The van der Waals surface area contributed by atoms with Crippen LogP contribution in [0.1, 0.15) is 50.3 Å². The number of thiophene rings is 1. The molecule has 230 valence electrons. The fraction of sp³-hybridized carbons (Fsp3) is 0.265. The molecule has 5 N–H and O–H groups in total. The van der Waals surface area contributed by atoms with Crippen LogP contribution in [-0.4, -0.2) is 42.3 Å². The van der Waals surface area contributed by atoms with E-state index in [0.717, 1.165) is 39.3 Å². The lowest BCUT2D eigenvalue weighted by Crippen LogP contribution is -2.50. The van der Waals surface area contributed by atoms with Gasteiger partial charge in [-0.05, 0) is 58.7 Å². The third-order valence-corrected chi connectivity index (χ3v) is 8.98. The molecular formula is C34H37ClN4O4S. The molecule has 0 saturated carbocycles. The Morgan fingerprint density at radius 1 is 0.909 bits per heavy atom. The molecule has 0 aliphatic rings. The van der Waals surface area contributed by atoms with Crippen LogP contribution in [0.25, 0.3) is 0 Å². The maximum atomic E-state index is 14.4. The van der Waals surface area contributed by atoms with Crippen molar-refractivity contribution in [2.24, 2.45) is 11.5 Å². The van der Waals surface area contributed by atoms with Gasteiger partial charge in [0.05, 0.1) is 17.5 Å². The second kappa shape index (κ2) is 15.5. The molecule has 1 heterocycles. The number of carbonyl (C=O) groups is 3. The highest BCUT2D eigenvalue weighted by Gasteiger charge is 2.34. The maximum Gasteiger partial charge on any atom is 0.260 e. The molecule has 1 aromatic heterocycles. The molecule has 0 spiro atoms. The van der Waals surface area contributed by atoms with Gasteiger partial charge in [-0.1, -0.05) is 78.3 Å². The first-order valence-corrected chi connectivity index (χ1v) is 15.6. The van der Waals surface area contributed by atoms with Gasteiger partial charge in [-0.2, -0.15) is 0 Å². The molecule has 0 aliphatic heterocycles. The van der Waals surface area contributed by atoms with E-state index >= 15 is 0 Å². The number of nitrogens with one attached hydrogen (secondary N) is 1. The summed E-state index contributed by atoms with van der Waals surface area (Å²) >= 11 is 7.74. The fourth-order valence-corrected chi connectivity index (χ4v) is 6.30. The summed E-state index contributed by atoms with van der Waals surface area (Å²) < 4.78 is 5.57. The van der Waals surface area contributed by atoms with Crippen LogP contribution in [0.15, 0.2) is 84.2 Å². The maximum absolute atomic E-state index is 14.4. The molecule has 3 aromatic carbocycles. The SMILES string of the molecule is CCOc1ccc(C[C@@H](C(=O)N(C)[C@@H](Cc2ccccc2)C(=O)NCc2ccc(CN)cc2)c2csc(C(N)=O)c2Cl)cc1. The Hall–Kier alpha value is -4.18. The molecule has 0 saturated heterocycles. The van der Waals surface area contributed by atoms with Crippen molar-refractivity contribution in [2.45, 2.75) is 44.8 Å². The van der Waals surface area contributed by atoms with Gasteiger partial charge in [0, 0.05) is 26.6 Å². The van der Waals surface area contributed by atoms with Gasteiger partial charge in [0.25, 0.3) is 5.91 Å². The van der Waals surface area contributed by atoms with E-state index in [1.54, 1.807) is 12.4 Å². The molecule has 0 radical (unpaired) electrons. The van der Waals surface area contributed by atoms with Crippen molar-refractivity contribution in [3.8, 4) is 5.75 Å². The molecule has 0 unspecified atom stereocenters.